The van der Waals surface area contributed by atoms with Gasteiger partial charge < -0.3 is 15.8 Å². The molecule has 1 atom stereocenters. The molecule has 0 aliphatic carbocycles. The van der Waals surface area contributed by atoms with Crippen molar-refractivity contribution in [2.45, 2.75) is 18.8 Å². The van der Waals surface area contributed by atoms with Crippen molar-refractivity contribution in [3.05, 3.63) is 53.6 Å². The number of hydrogen-bond acceptors (Lipinski definition) is 7. The largest absolute Gasteiger partial charge is 0.573 e. The molecule has 0 fully saturated rings. The topological polar surface area (TPSA) is 127 Å². The minimum absolute atomic E-state index is 0.0788. The number of carbonyl (C=O) groups excluding carboxylic acids is 1. The van der Waals surface area contributed by atoms with Gasteiger partial charge in [0.05, 0.1) is 11.9 Å². The van der Waals surface area contributed by atoms with Gasteiger partial charge in [-0.25, -0.2) is 27.1 Å². The molecule has 9 nitrogen and oxygen atoms in total. The number of anilines is 1. The van der Waals surface area contributed by atoms with E-state index in [-0.39, 0.29) is 22.9 Å². The van der Waals surface area contributed by atoms with E-state index in [0.717, 1.165) is 28.7 Å². The number of amides is 1. The summed E-state index contributed by atoms with van der Waals surface area (Å²) in [5.74, 6) is -3.06. The summed E-state index contributed by atoms with van der Waals surface area (Å²) in [7, 11) is -2.64. The minimum Gasteiger partial charge on any atom is -0.404 e. The summed E-state index contributed by atoms with van der Waals surface area (Å²) in [6, 6.07) is 5.36. The Hall–Kier alpha value is -3.42. The highest BCUT2D eigenvalue weighted by atomic mass is 32.2. The van der Waals surface area contributed by atoms with Gasteiger partial charge in [0.2, 0.25) is 16.0 Å². The lowest BCUT2D eigenvalue weighted by atomic mass is 9.93. The van der Waals surface area contributed by atoms with Crippen molar-refractivity contribution in [3.63, 3.8) is 0 Å². The smallest absolute Gasteiger partial charge is 0.404 e. The van der Waals surface area contributed by atoms with Crippen LogP contribution in [0.4, 0.5) is 23.2 Å². The Morgan fingerprint density at radius 2 is 1.97 bits per heavy atom. The molecule has 0 saturated heterocycles. The summed E-state index contributed by atoms with van der Waals surface area (Å²) >= 11 is 0. The zero-order valence-corrected chi connectivity index (χ0v) is 17.5. The van der Waals surface area contributed by atoms with E-state index >= 15 is 0 Å². The van der Waals surface area contributed by atoms with E-state index in [9.17, 15) is 30.8 Å². The Labute approximate surface area is 179 Å². The molecular formula is C18H17F4N5O4S. The van der Waals surface area contributed by atoms with Gasteiger partial charge in [-0.3, -0.25) is 4.79 Å². The van der Waals surface area contributed by atoms with Crippen LogP contribution in [-0.4, -0.2) is 48.7 Å². The average Bonchev–Trinajstić information content (AvgIpc) is 2.66. The molecule has 0 radical (unpaired) electrons. The molecule has 1 aromatic heterocycles. The first-order valence-electron chi connectivity index (χ1n) is 8.85. The third-order valence-corrected chi connectivity index (χ3v) is 6.52. The molecule has 3 N–H and O–H groups in total. The average molecular weight is 475 g/mol. The second-order valence-electron chi connectivity index (χ2n) is 7.04. The fourth-order valence-corrected chi connectivity index (χ4v) is 4.46. The highest BCUT2D eigenvalue weighted by molar-refractivity contribution is 7.89. The zero-order chi connectivity index (χ0) is 23.9. The molecule has 32 heavy (non-hydrogen) atoms. The minimum atomic E-state index is -4.90. The summed E-state index contributed by atoms with van der Waals surface area (Å²) in [5, 5.41) is 2.42. The summed E-state index contributed by atoms with van der Waals surface area (Å²) in [6.45, 7) is 1.38. The number of aliphatic imine (C=N–C) groups is 1. The van der Waals surface area contributed by atoms with E-state index < -0.39 is 45.2 Å². The van der Waals surface area contributed by atoms with Crippen molar-refractivity contribution in [3.8, 4) is 5.75 Å². The van der Waals surface area contributed by atoms with E-state index in [4.69, 9.17) is 5.73 Å². The van der Waals surface area contributed by atoms with Gasteiger partial charge in [-0.05, 0) is 37.3 Å². The number of benzene rings is 1. The number of nitrogens with one attached hydrogen (secondary N) is 1. The van der Waals surface area contributed by atoms with Crippen LogP contribution in [0, 0.1) is 5.82 Å². The number of rotatable bonds is 4. The third kappa shape index (κ3) is 4.90. The monoisotopic (exact) mass is 475 g/mol. The first-order chi connectivity index (χ1) is 14.7. The summed E-state index contributed by atoms with van der Waals surface area (Å²) in [4.78, 5) is 20.1. The van der Waals surface area contributed by atoms with Crippen LogP contribution in [0.5, 0.6) is 5.75 Å². The molecule has 0 spiro atoms. The maximum absolute atomic E-state index is 14.6. The Bertz CT molecular complexity index is 1180. The molecule has 1 aliphatic heterocycles. The molecule has 1 aliphatic rings. The Morgan fingerprint density at radius 3 is 2.53 bits per heavy atom. The highest BCUT2D eigenvalue weighted by Crippen LogP contribution is 2.34. The van der Waals surface area contributed by atoms with Gasteiger partial charge in [-0.1, -0.05) is 0 Å². The highest BCUT2D eigenvalue weighted by Gasteiger charge is 2.41. The van der Waals surface area contributed by atoms with Gasteiger partial charge >= 0.3 is 6.36 Å². The van der Waals surface area contributed by atoms with E-state index in [1.165, 1.54) is 26.1 Å². The van der Waals surface area contributed by atoms with Crippen molar-refractivity contribution in [2.24, 2.45) is 10.7 Å². The molecule has 1 aromatic carbocycles. The van der Waals surface area contributed by atoms with Crippen LogP contribution >= 0.6 is 0 Å². The van der Waals surface area contributed by atoms with E-state index in [1.54, 1.807) is 0 Å². The number of halogens is 4. The molecule has 2 heterocycles. The van der Waals surface area contributed by atoms with E-state index in [0.29, 0.717) is 0 Å². The van der Waals surface area contributed by atoms with Crippen molar-refractivity contribution in [2.75, 3.05) is 18.1 Å². The molecule has 0 bridgehead atoms. The van der Waals surface area contributed by atoms with E-state index in [2.05, 4.69) is 20.0 Å². The van der Waals surface area contributed by atoms with Gasteiger partial charge in [0.15, 0.2) is 0 Å². The van der Waals surface area contributed by atoms with Gasteiger partial charge in [0.25, 0.3) is 5.91 Å². The first kappa shape index (κ1) is 23.2. The zero-order valence-electron chi connectivity index (χ0n) is 16.6. The predicted octanol–water partition coefficient (Wildman–Crippen LogP) is 2.18. The molecule has 172 valence electrons. The quantitative estimate of drug-likeness (QED) is 0.653. The number of aromatic nitrogens is 1. The number of hydrogen-bond donors (Lipinski definition) is 2. The van der Waals surface area contributed by atoms with Crippen LogP contribution in [-0.2, 0) is 15.6 Å². The number of alkyl halides is 3. The van der Waals surface area contributed by atoms with Crippen LogP contribution in [0.15, 0.2) is 41.5 Å². The summed E-state index contributed by atoms with van der Waals surface area (Å²) < 4.78 is 80.4. The van der Waals surface area contributed by atoms with Gasteiger partial charge in [-0.15, -0.1) is 13.2 Å². The van der Waals surface area contributed by atoms with Crippen LogP contribution < -0.4 is 15.8 Å². The first-order valence-corrected chi connectivity index (χ1v) is 10.5. The molecule has 14 heteroatoms. The number of nitrogens with two attached hydrogens (primary N) is 1. The SMILES string of the molecule is CN1C(N)=N[C@](C)(c2cc(NC(=O)c3ccc(OC(F)(F)F)cn3)ccc2F)CS1(=O)=O. The lowest BCUT2D eigenvalue weighted by Crippen LogP contribution is -2.50. The summed E-state index contributed by atoms with van der Waals surface area (Å²) in [6.07, 6.45) is -4.18. The molecular weight excluding hydrogens is 458 g/mol. The molecule has 1 amide bonds. The second-order valence-corrected chi connectivity index (χ2v) is 9.04. The van der Waals surface area contributed by atoms with Gasteiger partial charge in [0, 0.05) is 18.3 Å². The fraction of sp³-hybridized carbons (Fsp3) is 0.278. The van der Waals surface area contributed by atoms with Crippen molar-refractivity contribution in [1.82, 2.24) is 9.29 Å². The lowest BCUT2D eigenvalue weighted by Gasteiger charge is -2.34. The van der Waals surface area contributed by atoms with Crippen molar-refractivity contribution in [1.29, 1.82) is 0 Å². The molecule has 0 saturated carbocycles. The number of pyridine rings is 1. The van der Waals surface area contributed by atoms with Crippen molar-refractivity contribution >= 4 is 27.6 Å². The molecule has 0 unspecified atom stereocenters. The maximum Gasteiger partial charge on any atom is 0.573 e. The standard InChI is InChI=1S/C18H17F4N5O4S/c1-17(9-32(29,30)27(2)16(23)26-17)12-7-10(3-5-13(12)19)25-15(28)14-6-4-11(8-24-14)31-18(20,21)22/h3-8H,9H2,1-2H3,(H2,23,26)(H,25,28)/t17-/m0/s1. The number of carbonyl (C=O) groups is 1. The van der Waals surface area contributed by atoms with Crippen LogP contribution in [0.25, 0.3) is 0 Å². The lowest BCUT2D eigenvalue weighted by molar-refractivity contribution is -0.274. The number of nitrogens with zero attached hydrogens (tertiary/aromatic N) is 3. The van der Waals surface area contributed by atoms with Crippen molar-refractivity contribution < 1.29 is 35.5 Å². The van der Waals surface area contributed by atoms with Crippen LogP contribution in [0.3, 0.4) is 0 Å². The maximum atomic E-state index is 14.6. The number of ether oxygens (including phenoxy) is 1. The third-order valence-electron chi connectivity index (χ3n) is 4.57. The van der Waals surface area contributed by atoms with Gasteiger partial charge in [0.1, 0.15) is 22.8 Å². The molecule has 3 rings (SSSR count). The number of guanidine groups is 1. The molecule has 2 aromatic rings. The Balaban J connectivity index is 1.86. The summed E-state index contributed by atoms with van der Waals surface area (Å²) in [5.41, 5.74) is 3.83. The van der Waals surface area contributed by atoms with Crippen LogP contribution in [0.2, 0.25) is 0 Å². The Kier molecular flexibility index (Phi) is 5.76. The Morgan fingerprint density at radius 1 is 1.28 bits per heavy atom. The van der Waals surface area contributed by atoms with Gasteiger partial charge in [-0.2, -0.15) is 0 Å². The number of sulfonamides is 1. The second kappa shape index (κ2) is 7.93. The van der Waals surface area contributed by atoms with E-state index in [1.807, 2.05) is 0 Å². The fourth-order valence-electron chi connectivity index (χ4n) is 3.01. The normalized spacial score (nSPS) is 20.4. The predicted molar refractivity (Wildman–Crippen MR) is 106 cm³/mol. The van der Waals surface area contributed by atoms with Crippen LogP contribution in [0.1, 0.15) is 23.0 Å².